The summed E-state index contributed by atoms with van der Waals surface area (Å²) in [5.74, 6) is 0. The van der Waals surface area contributed by atoms with Crippen LogP contribution in [0.25, 0.3) is 11.1 Å². The zero-order chi connectivity index (χ0) is 27.8. The first kappa shape index (κ1) is 24.5. The number of nitrogens with zero attached hydrogens (tertiary/aromatic N) is 2. The summed E-state index contributed by atoms with van der Waals surface area (Å²) in [6, 6.07) is 23.9. The van der Waals surface area contributed by atoms with Crippen molar-refractivity contribution in [1.29, 1.82) is 0 Å². The first-order valence-electron chi connectivity index (χ1n) is 14.3. The number of hydrogen-bond acceptors (Lipinski definition) is 2. The number of aryl methyl sites for hydroxylation is 2. The summed E-state index contributed by atoms with van der Waals surface area (Å²) in [5, 5.41) is 0. The van der Waals surface area contributed by atoms with Crippen LogP contribution in [0.5, 0.6) is 0 Å². The largest absolute Gasteiger partial charge is 0.344 e. The molecule has 0 fully saturated rings. The molecule has 2 heteroatoms. The van der Waals surface area contributed by atoms with Crippen molar-refractivity contribution in [2.24, 2.45) is 0 Å². The second kappa shape index (κ2) is 7.36. The maximum atomic E-state index is 2.53. The first-order chi connectivity index (χ1) is 18.2. The lowest BCUT2D eigenvalue weighted by Crippen LogP contribution is -2.31. The molecule has 1 aliphatic carbocycles. The van der Waals surface area contributed by atoms with E-state index in [0.29, 0.717) is 0 Å². The minimum atomic E-state index is -0.0776. The molecule has 3 aliphatic rings. The van der Waals surface area contributed by atoms with E-state index >= 15 is 0 Å². The highest BCUT2D eigenvalue weighted by molar-refractivity contribution is 5.91. The predicted molar refractivity (Wildman–Crippen MR) is 167 cm³/mol. The lowest BCUT2D eigenvalue weighted by atomic mass is 9.71. The monoisotopic (exact) mass is 512 g/mol. The molecule has 4 aromatic carbocycles. The molecule has 39 heavy (non-hydrogen) atoms. The van der Waals surface area contributed by atoms with Crippen LogP contribution in [0.15, 0.2) is 60.7 Å². The van der Waals surface area contributed by atoms with Gasteiger partial charge < -0.3 is 9.80 Å². The highest BCUT2D eigenvalue weighted by Gasteiger charge is 2.44. The molecular weight excluding hydrogens is 472 g/mol. The number of anilines is 4. The van der Waals surface area contributed by atoms with Crippen LogP contribution >= 0.6 is 0 Å². The van der Waals surface area contributed by atoms with E-state index < -0.39 is 0 Å². The van der Waals surface area contributed by atoms with Crippen molar-refractivity contribution in [3.05, 3.63) is 105 Å². The van der Waals surface area contributed by atoms with Crippen LogP contribution in [0.4, 0.5) is 22.7 Å². The predicted octanol–water partition coefficient (Wildman–Crippen LogP) is 9.42. The van der Waals surface area contributed by atoms with Gasteiger partial charge in [0.2, 0.25) is 0 Å². The van der Waals surface area contributed by atoms with Gasteiger partial charge in [-0.3, -0.25) is 0 Å². The highest BCUT2D eigenvalue weighted by atomic mass is 15.1. The van der Waals surface area contributed by atoms with E-state index in [-0.39, 0.29) is 16.2 Å². The van der Waals surface area contributed by atoms with E-state index in [9.17, 15) is 0 Å². The topological polar surface area (TPSA) is 6.48 Å². The van der Waals surface area contributed by atoms with Gasteiger partial charge in [0.25, 0.3) is 0 Å². The molecule has 0 atom stereocenters. The second-order valence-corrected chi connectivity index (χ2v) is 13.9. The first-order valence-corrected chi connectivity index (χ1v) is 14.3. The highest BCUT2D eigenvalue weighted by Crippen LogP contribution is 2.58. The van der Waals surface area contributed by atoms with E-state index in [0.717, 1.165) is 0 Å². The normalized spacial score (nSPS) is 18.5. The molecule has 0 unspecified atom stereocenters. The van der Waals surface area contributed by atoms with Gasteiger partial charge in [-0.05, 0) is 94.8 Å². The summed E-state index contributed by atoms with van der Waals surface area (Å²) in [6.07, 6.45) is 0. The van der Waals surface area contributed by atoms with Crippen molar-refractivity contribution in [2.75, 3.05) is 23.9 Å². The summed E-state index contributed by atoms with van der Waals surface area (Å²) in [5.41, 5.74) is 19.1. The van der Waals surface area contributed by atoms with Gasteiger partial charge in [-0.2, -0.15) is 0 Å². The molecular formula is C37H40N2. The summed E-state index contributed by atoms with van der Waals surface area (Å²) < 4.78 is 0. The Morgan fingerprint density at radius 2 is 0.744 bits per heavy atom. The van der Waals surface area contributed by atoms with Gasteiger partial charge in [0.15, 0.2) is 0 Å². The standard InChI is InChI=1S/C37H40N2/c1-21-11-13-31-27(15-21)36(5,6)29-17-23-24-18-30-34(20-26(24)35(3,4)25(23)19-33(29)38(31)9)39(10)32-14-12-22(2)16-28(32)37(30,7)8/h11-20H,1-10H3. The average molecular weight is 513 g/mol. The van der Waals surface area contributed by atoms with Crippen LogP contribution in [-0.2, 0) is 16.2 Å². The molecule has 0 saturated heterocycles. The fourth-order valence-corrected chi connectivity index (χ4v) is 7.79. The van der Waals surface area contributed by atoms with Crippen LogP contribution in [0, 0.1) is 13.8 Å². The van der Waals surface area contributed by atoms with Crippen LogP contribution in [0.1, 0.15) is 86.1 Å². The molecule has 198 valence electrons. The average Bonchev–Trinajstić information content (AvgIpc) is 3.10. The Kier molecular flexibility index (Phi) is 4.62. The van der Waals surface area contributed by atoms with Crippen molar-refractivity contribution in [3.63, 3.8) is 0 Å². The third-order valence-electron chi connectivity index (χ3n) is 10.4. The van der Waals surface area contributed by atoms with Crippen LogP contribution in [0.2, 0.25) is 0 Å². The third kappa shape index (κ3) is 2.98. The van der Waals surface area contributed by atoms with E-state index in [1.807, 2.05) is 0 Å². The minimum absolute atomic E-state index is 0.0741. The van der Waals surface area contributed by atoms with Crippen LogP contribution in [0.3, 0.4) is 0 Å². The number of rotatable bonds is 0. The molecule has 2 nitrogen and oxygen atoms in total. The van der Waals surface area contributed by atoms with Crippen molar-refractivity contribution in [3.8, 4) is 11.1 Å². The van der Waals surface area contributed by atoms with Gasteiger partial charge in [-0.15, -0.1) is 0 Å². The fraction of sp³-hybridized carbons (Fsp3) is 0.351. The Bertz CT molecular complexity index is 1610. The van der Waals surface area contributed by atoms with Crippen molar-refractivity contribution < 1.29 is 0 Å². The Balaban J connectivity index is 1.48. The Labute approximate surface area is 234 Å². The summed E-state index contributed by atoms with van der Waals surface area (Å²) in [7, 11) is 4.47. The fourth-order valence-electron chi connectivity index (χ4n) is 7.79. The Hall–Kier alpha value is -3.52. The van der Waals surface area contributed by atoms with Gasteiger partial charge in [0, 0.05) is 53.1 Å². The molecule has 0 bridgehead atoms. The van der Waals surface area contributed by atoms with E-state index in [1.54, 1.807) is 0 Å². The van der Waals surface area contributed by atoms with Crippen molar-refractivity contribution >= 4 is 22.7 Å². The molecule has 0 radical (unpaired) electrons. The maximum absolute atomic E-state index is 2.53. The maximum Gasteiger partial charge on any atom is 0.0453 e. The molecule has 0 spiro atoms. The van der Waals surface area contributed by atoms with Crippen molar-refractivity contribution in [2.45, 2.75) is 71.6 Å². The van der Waals surface area contributed by atoms with Gasteiger partial charge in [-0.25, -0.2) is 0 Å². The van der Waals surface area contributed by atoms with E-state index in [1.165, 1.54) is 78.4 Å². The summed E-state index contributed by atoms with van der Waals surface area (Å²) >= 11 is 0. The van der Waals surface area contributed by atoms with Crippen molar-refractivity contribution in [1.82, 2.24) is 0 Å². The molecule has 0 saturated carbocycles. The van der Waals surface area contributed by atoms with Gasteiger partial charge in [0.1, 0.15) is 0 Å². The Morgan fingerprint density at radius 1 is 0.410 bits per heavy atom. The summed E-state index contributed by atoms with van der Waals surface area (Å²) in [4.78, 5) is 4.82. The third-order valence-corrected chi connectivity index (χ3v) is 10.4. The second-order valence-electron chi connectivity index (χ2n) is 13.9. The lowest BCUT2D eigenvalue weighted by Gasteiger charge is -2.41. The molecule has 0 N–H and O–H groups in total. The SMILES string of the molecule is Cc1ccc2c(c1)C(C)(C)c1cc3c(cc1N2C)C(C)(C)c1cc2c(cc1-3)C(C)(C)c1cc(C)ccc1N2C. The molecule has 2 heterocycles. The molecule has 7 rings (SSSR count). The number of benzene rings is 4. The molecule has 2 aliphatic heterocycles. The van der Waals surface area contributed by atoms with Gasteiger partial charge in [0.05, 0.1) is 0 Å². The van der Waals surface area contributed by atoms with E-state index in [4.69, 9.17) is 0 Å². The van der Waals surface area contributed by atoms with Crippen LogP contribution in [-0.4, -0.2) is 14.1 Å². The number of hydrogen-bond donors (Lipinski definition) is 0. The molecule has 0 amide bonds. The van der Waals surface area contributed by atoms with Gasteiger partial charge >= 0.3 is 0 Å². The molecule has 0 aromatic heterocycles. The van der Waals surface area contributed by atoms with Crippen LogP contribution < -0.4 is 9.80 Å². The quantitative estimate of drug-likeness (QED) is 0.231. The zero-order valence-corrected chi connectivity index (χ0v) is 25.2. The number of fused-ring (bicyclic) bond motifs is 7. The zero-order valence-electron chi connectivity index (χ0n) is 25.2. The van der Waals surface area contributed by atoms with E-state index in [2.05, 4.69) is 140 Å². The van der Waals surface area contributed by atoms with Gasteiger partial charge in [-0.1, -0.05) is 76.9 Å². The smallest absolute Gasteiger partial charge is 0.0453 e. The lowest BCUT2D eigenvalue weighted by molar-refractivity contribution is 0.622. The Morgan fingerprint density at radius 3 is 1.13 bits per heavy atom. The molecule has 4 aromatic rings. The minimum Gasteiger partial charge on any atom is -0.344 e. The summed E-state index contributed by atoms with van der Waals surface area (Å²) in [6.45, 7) is 18.8.